The first-order chi connectivity index (χ1) is 19.3. The number of carboxylic acid groups (broad SMARTS) is 1. The molecule has 1 N–H and O–H groups in total. The molecule has 5 aromatic rings. The molecule has 1 aliphatic rings. The lowest BCUT2D eigenvalue weighted by molar-refractivity contribution is -0.142. The number of carbonyl (C=O) groups is 1. The number of aliphatic carboxylic acids is 1. The van der Waals surface area contributed by atoms with Crippen molar-refractivity contribution in [1.82, 2.24) is 3.97 Å². The van der Waals surface area contributed by atoms with Gasteiger partial charge in [-0.3, -0.25) is 8.77 Å². The first kappa shape index (κ1) is 26.3. The van der Waals surface area contributed by atoms with Crippen molar-refractivity contribution >= 4 is 56.5 Å². The molecule has 0 saturated carbocycles. The zero-order valence-corrected chi connectivity index (χ0v) is 23.5. The number of fused-ring (bicyclic) bond motifs is 1. The number of carboxylic acids is 1. The smallest absolute Gasteiger partial charge is 0.310 e. The highest BCUT2D eigenvalue weighted by atomic mass is 35.5. The van der Waals surface area contributed by atoms with Gasteiger partial charge in [0.1, 0.15) is 16.8 Å². The molecule has 3 heterocycles. The van der Waals surface area contributed by atoms with Gasteiger partial charge in [-0.2, -0.15) is 5.26 Å². The van der Waals surface area contributed by atoms with Crippen molar-refractivity contribution in [3.8, 4) is 28.5 Å². The minimum Gasteiger partial charge on any atom is -0.481 e. The summed E-state index contributed by atoms with van der Waals surface area (Å²) in [6.07, 6.45) is 0. The average molecular weight is 590 g/mol. The molecule has 1 unspecified atom stereocenters. The van der Waals surface area contributed by atoms with Crippen molar-refractivity contribution in [1.29, 1.82) is 5.26 Å². The fraction of sp³-hybridized carbons (Fsp3) is 0.133. The molecule has 10 heteroatoms. The van der Waals surface area contributed by atoms with E-state index in [2.05, 4.69) is 6.07 Å². The van der Waals surface area contributed by atoms with Gasteiger partial charge < -0.3 is 10.0 Å². The summed E-state index contributed by atoms with van der Waals surface area (Å²) >= 11 is 7.54. The Morgan fingerprint density at radius 2 is 1.90 bits per heavy atom. The molecule has 0 bridgehead atoms. The van der Waals surface area contributed by atoms with E-state index in [0.717, 1.165) is 11.3 Å². The molecule has 1 atom stereocenters. The van der Waals surface area contributed by atoms with Gasteiger partial charge in [0.25, 0.3) is 0 Å². The molecule has 200 valence electrons. The summed E-state index contributed by atoms with van der Waals surface area (Å²) in [5, 5.41) is 21.4. The number of halogens is 2. The standard InChI is InChI=1S/C30H21ClFN3O3S2/c1-17-5-7-21(8-6-17)40(38)35-26-13-24(31)25(32)12-23(26)28(22-9-10-39-27(22)14-33)29(35)18-3-2-4-20(11-18)34-15-19(16-34)30(36)37/h2-13,19H,15-16H2,1H3,(H,36,37). The van der Waals surface area contributed by atoms with Crippen LogP contribution in [0.1, 0.15) is 10.4 Å². The van der Waals surface area contributed by atoms with Gasteiger partial charge in [-0.1, -0.05) is 41.4 Å². The van der Waals surface area contributed by atoms with Crippen LogP contribution in [0, 0.1) is 30.0 Å². The van der Waals surface area contributed by atoms with E-state index < -0.39 is 28.7 Å². The normalized spacial score (nSPS) is 14.2. The molecular formula is C30H21ClFN3O3S2. The van der Waals surface area contributed by atoms with Crippen molar-refractivity contribution in [2.75, 3.05) is 18.0 Å². The summed E-state index contributed by atoms with van der Waals surface area (Å²) in [6, 6.07) is 21.7. The lowest BCUT2D eigenvalue weighted by Gasteiger charge is -2.38. The fourth-order valence-electron chi connectivity index (χ4n) is 5.01. The van der Waals surface area contributed by atoms with Crippen molar-refractivity contribution < 1.29 is 18.5 Å². The Morgan fingerprint density at radius 3 is 2.60 bits per heavy atom. The number of anilines is 1. The minimum absolute atomic E-state index is 0.106. The number of hydrogen-bond donors (Lipinski definition) is 1. The molecule has 3 aromatic carbocycles. The first-order valence-corrected chi connectivity index (χ1v) is 14.7. The quantitative estimate of drug-likeness (QED) is 0.228. The highest BCUT2D eigenvalue weighted by Crippen LogP contribution is 2.46. The van der Waals surface area contributed by atoms with E-state index in [1.54, 1.807) is 21.5 Å². The summed E-state index contributed by atoms with van der Waals surface area (Å²) in [6.45, 7) is 2.71. The molecule has 2 aromatic heterocycles. The number of rotatable bonds is 6. The third-order valence-corrected chi connectivity index (χ3v) is 9.60. The van der Waals surface area contributed by atoms with Crippen LogP contribution in [0.5, 0.6) is 0 Å². The predicted molar refractivity (Wildman–Crippen MR) is 157 cm³/mol. The van der Waals surface area contributed by atoms with E-state index in [-0.39, 0.29) is 5.02 Å². The third kappa shape index (κ3) is 4.38. The third-order valence-electron chi connectivity index (χ3n) is 7.11. The van der Waals surface area contributed by atoms with Gasteiger partial charge in [0, 0.05) is 40.9 Å². The number of nitrogens with zero attached hydrogens (tertiary/aromatic N) is 3. The molecule has 6 nitrogen and oxygen atoms in total. The maximum absolute atomic E-state index is 15.0. The Morgan fingerprint density at radius 1 is 1.15 bits per heavy atom. The van der Waals surface area contributed by atoms with Crippen LogP contribution in [0.4, 0.5) is 10.1 Å². The molecule has 0 spiro atoms. The van der Waals surface area contributed by atoms with Gasteiger partial charge in [0.2, 0.25) is 0 Å². The van der Waals surface area contributed by atoms with Crippen LogP contribution in [-0.4, -0.2) is 32.3 Å². The van der Waals surface area contributed by atoms with Crippen molar-refractivity contribution in [2.24, 2.45) is 5.92 Å². The molecule has 0 amide bonds. The Labute approximate surface area is 241 Å². The number of benzene rings is 3. The number of thiophene rings is 1. The van der Waals surface area contributed by atoms with Gasteiger partial charge >= 0.3 is 5.97 Å². The molecule has 0 aliphatic carbocycles. The van der Waals surface area contributed by atoms with Crippen LogP contribution in [0.15, 0.2) is 77.0 Å². The largest absolute Gasteiger partial charge is 0.481 e. The van der Waals surface area contributed by atoms with Crippen LogP contribution in [0.25, 0.3) is 33.3 Å². The van der Waals surface area contributed by atoms with E-state index in [9.17, 15) is 23.8 Å². The zero-order chi connectivity index (χ0) is 28.1. The Kier molecular flexibility index (Phi) is 6.70. The predicted octanol–water partition coefficient (Wildman–Crippen LogP) is 7.10. The summed E-state index contributed by atoms with van der Waals surface area (Å²) < 4.78 is 30.9. The molecule has 40 heavy (non-hydrogen) atoms. The maximum Gasteiger partial charge on any atom is 0.310 e. The fourth-order valence-corrected chi connectivity index (χ4v) is 7.13. The monoisotopic (exact) mass is 589 g/mol. The second-order valence-corrected chi connectivity index (χ2v) is 12.3. The second-order valence-electron chi connectivity index (χ2n) is 9.63. The van der Waals surface area contributed by atoms with Crippen molar-refractivity contribution in [2.45, 2.75) is 11.8 Å². The van der Waals surface area contributed by atoms with Crippen molar-refractivity contribution in [3.05, 3.63) is 93.4 Å². The first-order valence-electron chi connectivity index (χ1n) is 12.4. The number of aryl methyl sites for hydroxylation is 1. The second kappa shape index (κ2) is 10.2. The van der Waals surface area contributed by atoms with Gasteiger partial charge in [-0.05, 0) is 54.8 Å². The summed E-state index contributed by atoms with van der Waals surface area (Å²) in [7, 11) is -1.76. The number of aromatic nitrogens is 1. The molecule has 1 aliphatic heterocycles. The molecule has 1 fully saturated rings. The minimum atomic E-state index is -1.76. The topological polar surface area (TPSA) is 86.3 Å². The average Bonchev–Trinajstić information content (AvgIpc) is 3.50. The lowest BCUT2D eigenvalue weighted by atomic mass is 9.96. The van der Waals surface area contributed by atoms with E-state index in [1.807, 2.05) is 54.3 Å². The summed E-state index contributed by atoms with van der Waals surface area (Å²) in [4.78, 5) is 14.3. The van der Waals surface area contributed by atoms with Crippen LogP contribution >= 0.6 is 22.9 Å². The van der Waals surface area contributed by atoms with Gasteiger partial charge in [-0.25, -0.2) is 8.60 Å². The van der Waals surface area contributed by atoms with Gasteiger partial charge in [-0.15, -0.1) is 11.3 Å². The Hall–Kier alpha value is -3.97. The maximum atomic E-state index is 15.0. The zero-order valence-electron chi connectivity index (χ0n) is 21.1. The van der Waals surface area contributed by atoms with Gasteiger partial charge in [0.15, 0.2) is 11.0 Å². The highest BCUT2D eigenvalue weighted by molar-refractivity contribution is 7.83. The van der Waals surface area contributed by atoms with E-state index in [4.69, 9.17) is 11.6 Å². The number of hydrogen-bond acceptors (Lipinski definition) is 5. The SMILES string of the molecule is Cc1ccc(S(=O)n2c(-c3cccc(N4CC(C(=O)O)C4)c3)c(-c3ccsc3C#N)c3cc(F)c(Cl)cc32)cc1. The van der Waals surface area contributed by atoms with Crippen LogP contribution in [-0.2, 0) is 15.8 Å². The summed E-state index contributed by atoms with van der Waals surface area (Å²) in [5.41, 5.74) is 4.71. The summed E-state index contributed by atoms with van der Waals surface area (Å²) in [5.74, 6) is -1.89. The molecule has 0 radical (unpaired) electrons. The molecular weight excluding hydrogens is 569 g/mol. The van der Waals surface area contributed by atoms with Crippen LogP contribution < -0.4 is 4.90 Å². The van der Waals surface area contributed by atoms with Crippen molar-refractivity contribution in [3.63, 3.8) is 0 Å². The Bertz CT molecular complexity index is 1870. The lowest BCUT2D eigenvalue weighted by Crippen LogP contribution is -2.50. The van der Waals surface area contributed by atoms with Crippen LogP contribution in [0.3, 0.4) is 0 Å². The molecule has 1 saturated heterocycles. The van der Waals surface area contributed by atoms with Gasteiger partial charge in [0.05, 0.1) is 27.0 Å². The highest BCUT2D eigenvalue weighted by Gasteiger charge is 2.33. The van der Waals surface area contributed by atoms with E-state index in [1.165, 1.54) is 23.5 Å². The Balaban J connectivity index is 1.66. The number of nitriles is 1. The van der Waals surface area contributed by atoms with E-state index >= 15 is 0 Å². The van der Waals surface area contributed by atoms with E-state index in [0.29, 0.717) is 56.1 Å². The van der Waals surface area contributed by atoms with Crippen LogP contribution in [0.2, 0.25) is 5.02 Å². The molecule has 6 rings (SSSR count).